The fourth-order valence-corrected chi connectivity index (χ4v) is 1.89. The molecule has 106 valence electrons. The van der Waals surface area contributed by atoms with E-state index in [1.54, 1.807) is 13.0 Å². The molecule has 0 spiro atoms. The number of aromatic amines is 1. The lowest BCUT2D eigenvalue weighted by Crippen LogP contribution is -2.13. The third-order valence-corrected chi connectivity index (χ3v) is 2.91. The molecule has 1 heterocycles. The molecule has 0 saturated carbocycles. The molecule has 1 amide bonds. The van der Waals surface area contributed by atoms with Crippen LogP contribution in [0.25, 0.3) is 0 Å². The molecule has 0 saturated heterocycles. The van der Waals surface area contributed by atoms with Crippen LogP contribution in [0.2, 0.25) is 0 Å². The van der Waals surface area contributed by atoms with Crippen LogP contribution in [0.3, 0.4) is 0 Å². The Morgan fingerprint density at radius 2 is 2.30 bits per heavy atom. The quantitative estimate of drug-likeness (QED) is 0.775. The first-order chi connectivity index (χ1) is 9.65. The first-order valence-electron chi connectivity index (χ1n) is 6.42. The molecule has 0 unspecified atom stereocenters. The monoisotopic (exact) mass is 274 g/mol. The van der Waals surface area contributed by atoms with Gasteiger partial charge in [0.15, 0.2) is 0 Å². The first kappa shape index (κ1) is 14.1. The van der Waals surface area contributed by atoms with Gasteiger partial charge in [-0.3, -0.25) is 9.89 Å². The third kappa shape index (κ3) is 2.97. The molecule has 6 heteroatoms. The highest BCUT2D eigenvalue weighted by Crippen LogP contribution is 2.23. The average Bonchev–Trinajstić information content (AvgIpc) is 2.87. The molecule has 1 aromatic carbocycles. The van der Waals surface area contributed by atoms with Crippen molar-refractivity contribution in [1.29, 1.82) is 0 Å². The van der Waals surface area contributed by atoms with E-state index in [1.165, 1.54) is 6.20 Å². The van der Waals surface area contributed by atoms with E-state index in [2.05, 4.69) is 15.5 Å². The summed E-state index contributed by atoms with van der Waals surface area (Å²) in [5, 5.41) is 9.38. The number of amides is 1. The highest BCUT2D eigenvalue weighted by Gasteiger charge is 2.12. The number of nitrogens with zero attached hydrogens (tertiary/aromatic N) is 1. The zero-order valence-electron chi connectivity index (χ0n) is 11.6. The summed E-state index contributed by atoms with van der Waals surface area (Å²) in [5.74, 6) is 0.538. The number of rotatable bonds is 5. The fourth-order valence-electron chi connectivity index (χ4n) is 1.89. The van der Waals surface area contributed by atoms with Gasteiger partial charge in [0.05, 0.1) is 18.4 Å². The van der Waals surface area contributed by atoms with E-state index in [0.29, 0.717) is 24.4 Å². The number of aryl methyl sites for hydroxylation is 1. The predicted octanol–water partition coefficient (Wildman–Crippen LogP) is 1.83. The van der Waals surface area contributed by atoms with Crippen LogP contribution in [0.5, 0.6) is 5.75 Å². The number of hydrogen-bond acceptors (Lipinski definition) is 4. The molecule has 2 rings (SSSR count). The van der Waals surface area contributed by atoms with Gasteiger partial charge in [-0.05, 0) is 32.0 Å². The standard InChI is InChI=1S/C14H18N4O2/c1-3-20-13-5-4-11(6-10(13)7-15)17-14(19)12-8-16-18-9(12)2/h4-6,8H,3,7,15H2,1-2H3,(H,16,18)(H,17,19). The summed E-state index contributed by atoms with van der Waals surface area (Å²) >= 11 is 0. The minimum atomic E-state index is -0.205. The van der Waals surface area contributed by atoms with Gasteiger partial charge in [-0.15, -0.1) is 0 Å². The molecule has 0 aliphatic carbocycles. The number of hydrogen-bond donors (Lipinski definition) is 3. The van der Waals surface area contributed by atoms with Crippen LogP contribution < -0.4 is 15.8 Å². The molecule has 20 heavy (non-hydrogen) atoms. The van der Waals surface area contributed by atoms with Gasteiger partial charge >= 0.3 is 0 Å². The van der Waals surface area contributed by atoms with Gasteiger partial charge in [0.25, 0.3) is 5.91 Å². The van der Waals surface area contributed by atoms with E-state index in [9.17, 15) is 4.79 Å². The van der Waals surface area contributed by atoms with Crippen LogP contribution in [0.1, 0.15) is 28.5 Å². The van der Waals surface area contributed by atoms with E-state index < -0.39 is 0 Å². The van der Waals surface area contributed by atoms with Crippen molar-refractivity contribution in [2.75, 3.05) is 11.9 Å². The number of benzene rings is 1. The largest absolute Gasteiger partial charge is 0.494 e. The highest BCUT2D eigenvalue weighted by atomic mass is 16.5. The minimum Gasteiger partial charge on any atom is -0.494 e. The van der Waals surface area contributed by atoms with E-state index >= 15 is 0 Å². The molecule has 6 nitrogen and oxygen atoms in total. The Kier molecular flexibility index (Phi) is 4.37. The Morgan fingerprint density at radius 1 is 1.50 bits per heavy atom. The van der Waals surface area contributed by atoms with Gasteiger partial charge in [0, 0.05) is 23.5 Å². The SMILES string of the molecule is CCOc1ccc(NC(=O)c2cn[nH]c2C)cc1CN. The maximum atomic E-state index is 12.1. The van der Waals surface area contributed by atoms with Crippen LogP contribution in [0.15, 0.2) is 24.4 Å². The van der Waals surface area contributed by atoms with Crippen LogP contribution in [-0.2, 0) is 6.54 Å². The van der Waals surface area contributed by atoms with E-state index in [0.717, 1.165) is 17.0 Å². The number of carbonyl (C=O) groups is 1. The third-order valence-electron chi connectivity index (χ3n) is 2.91. The molecule has 0 atom stereocenters. The van der Waals surface area contributed by atoms with Gasteiger partial charge in [-0.2, -0.15) is 5.10 Å². The molecule has 0 fully saturated rings. The van der Waals surface area contributed by atoms with Gasteiger partial charge in [-0.25, -0.2) is 0 Å². The molecule has 4 N–H and O–H groups in total. The van der Waals surface area contributed by atoms with E-state index in [4.69, 9.17) is 10.5 Å². The smallest absolute Gasteiger partial charge is 0.259 e. The van der Waals surface area contributed by atoms with Crippen molar-refractivity contribution in [2.24, 2.45) is 5.73 Å². The Labute approximate surface area is 117 Å². The molecule has 1 aromatic heterocycles. The summed E-state index contributed by atoms with van der Waals surface area (Å²) in [6.07, 6.45) is 1.50. The minimum absolute atomic E-state index is 0.205. The van der Waals surface area contributed by atoms with Gasteiger partial charge in [0.2, 0.25) is 0 Å². The van der Waals surface area contributed by atoms with E-state index in [-0.39, 0.29) is 5.91 Å². The second-order valence-electron chi connectivity index (χ2n) is 4.32. The number of anilines is 1. The Bertz CT molecular complexity index is 607. The molecular weight excluding hydrogens is 256 g/mol. The Hall–Kier alpha value is -2.34. The topological polar surface area (TPSA) is 93.0 Å². The van der Waals surface area contributed by atoms with Crippen LogP contribution in [0, 0.1) is 6.92 Å². The number of ether oxygens (including phenoxy) is 1. The molecule has 0 bridgehead atoms. The normalized spacial score (nSPS) is 10.3. The lowest BCUT2D eigenvalue weighted by molar-refractivity contribution is 0.102. The summed E-state index contributed by atoms with van der Waals surface area (Å²) in [4.78, 5) is 12.1. The van der Waals surface area contributed by atoms with Crippen LogP contribution in [-0.4, -0.2) is 22.7 Å². The molecule has 0 aliphatic rings. The first-order valence-corrected chi connectivity index (χ1v) is 6.42. The van der Waals surface area contributed by atoms with Gasteiger partial charge < -0.3 is 15.8 Å². The lowest BCUT2D eigenvalue weighted by Gasteiger charge is -2.11. The van der Waals surface area contributed by atoms with Crippen molar-refractivity contribution in [2.45, 2.75) is 20.4 Å². The highest BCUT2D eigenvalue weighted by molar-refractivity contribution is 6.04. The number of H-pyrrole nitrogens is 1. The maximum absolute atomic E-state index is 12.1. The van der Waals surface area contributed by atoms with Gasteiger partial charge in [0.1, 0.15) is 5.75 Å². The lowest BCUT2D eigenvalue weighted by atomic mass is 10.1. The Balaban J connectivity index is 2.18. The second-order valence-corrected chi connectivity index (χ2v) is 4.32. The summed E-state index contributed by atoms with van der Waals surface area (Å²) in [7, 11) is 0. The van der Waals surface area contributed by atoms with Crippen molar-refractivity contribution in [3.8, 4) is 5.75 Å². The van der Waals surface area contributed by atoms with Crippen molar-refractivity contribution < 1.29 is 9.53 Å². The van der Waals surface area contributed by atoms with Gasteiger partial charge in [-0.1, -0.05) is 0 Å². The fraction of sp³-hybridized carbons (Fsp3) is 0.286. The van der Waals surface area contributed by atoms with Crippen LogP contribution in [0.4, 0.5) is 5.69 Å². The number of carbonyl (C=O) groups excluding carboxylic acids is 1. The molecule has 2 aromatic rings. The number of nitrogens with two attached hydrogens (primary N) is 1. The summed E-state index contributed by atoms with van der Waals surface area (Å²) in [5.41, 5.74) is 8.48. The number of aromatic nitrogens is 2. The van der Waals surface area contributed by atoms with Crippen molar-refractivity contribution in [1.82, 2.24) is 10.2 Å². The number of nitrogens with one attached hydrogen (secondary N) is 2. The molecular formula is C14H18N4O2. The summed E-state index contributed by atoms with van der Waals surface area (Å²) in [6.45, 7) is 4.64. The molecule has 0 aliphatic heterocycles. The van der Waals surface area contributed by atoms with Crippen molar-refractivity contribution in [3.63, 3.8) is 0 Å². The average molecular weight is 274 g/mol. The van der Waals surface area contributed by atoms with E-state index in [1.807, 2.05) is 19.1 Å². The zero-order chi connectivity index (χ0) is 14.5. The predicted molar refractivity (Wildman–Crippen MR) is 76.8 cm³/mol. The Morgan fingerprint density at radius 3 is 2.90 bits per heavy atom. The van der Waals surface area contributed by atoms with Crippen LogP contribution >= 0.6 is 0 Å². The summed E-state index contributed by atoms with van der Waals surface area (Å²) < 4.78 is 5.47. The van der Waals surface area contributed by atoms with Crippen molar-refractivity contribution in [3.05, 3.63) is 41.2 Å². The second kappa shape index (κ2) is 6.21. The molecule has 0 radical (unpaired) electrons. The van der Waals surface area contributed by atoms with Crippen molar-refractivity contribution >= 4 is 11.6 Å². The maximum Gasteiger partial charge on any atom is 0.259 e. The summed E-state index contributed by atoms with van der Waals surface area (Å²) in [6, 6.07) is 5.42. The zero-order valence-corrected chi connectivity index (χ0v) is 11.6.